The summed E-state index contributed by atoms with van der Waals surface area (Å²) < 4.78 is 6.21. The molecule has 0 radical (unpaired) electrons. The van der Waals surface area contributed by atoms with Gasteiger partial charge in [0.2, 0.25) is 11.8 Å². The van der Waals surface area contributed by atoms with E-state index in [-0.39, 0.29) is 11.8 Å². The van der Waals surface area contributed by atoms with E-state index >= 15 is 0 Å². The zero-order chi connectivity index (χ0) is 29.6. The predicted octanol–water partition coefficient (Wildman–Crippen LogP) is 5.80. The van der Waals surface area contributed by atoms with Crippen LogP contribution in [0.4, 0.5) is 21.9 Å². The topological polar surface area (TPSA) is 120 Å². The van der Waals surface area contributed by atoms with Crippen LogP contribution in [0.1, 0.15) is 37.9 Å². The van der Waals surface area contributed by atoms with Crippen LogP contribution < -0.4 is 16.0 Å². The van der Waals surface area contributed by atoms with Crippen molar-refractivity contribution >= 4 is 57.0 Å². The van der Waals surface area contributed by atoms with Gasteiger partial charge in [0.05, 0.1) is 17.5 Å². The van der Waals surface area contributed by atoms with Gasteiger partial charge in [0.25, 0.3) is 0 Å². The second-order valence-electron chi connectivity index (χ2n) is 10.7. The van der Waals surface area contributed by atoms with Gasteiger partial charge < -0.3 is 20.5 Å². The van der Waals surface area contributed by atoms with Crippen molar-refractivity contribution in [1.29, 1.82) is 0 Å². The molecule has 9 nitrogen and oxygen atoms in total. The molecule has 1 aliphatic heterocycles. The molecule has 41 heavy (non-hydrogen) atoms. The highest BCUT2D eigenvalue weighted by molar-refractivity contribution is 9.10. The Morgan fingerprint density at radius 3 is 2.12 bits per heavy atom. The van der Waals surface area contributed by atoms with Crippen molar-refractivity contribution in [3.8, 4) is 0 Å². The molecule has 1 aliphatic rings. The number of β-amino-alcohol motifs (C(OH)–C–C–N with tert-alkyl or cyclic N) is 1. The van der Waals surface area contributed by atoms with Gasteiger partial charge in [-0.1, -0.05) is 52.3 Å². The highest BCUT2D eigenvalue weighted by Crippen LogP contribution is 2.28. The smallest absolute Gasteiger partial charge is 0.412 e. The third-order valence-electron chi connectivity index (χ3n) is 6.12. The van der Waals surface area contributed by atoms with Gasteiger partial charge in [0.15, 0.2) is 0 Å². The van der Waals surface area contributed by atoms with E-state index in [2.05, 4.69) is 31.9 Å². The van der Waals surface area contributed by atoms with E-state index in [1.54, 1.807) is 51.1 Å². The fourth-order valence-electron chi connectivity index (χ4n) is 4.22. The molecule has 3 aromatic carbocycles. The van der Waals surface area contributed by atoms with Crippen LogP contribution in [0.5, 0.6) is 0 Å². The molecule has 0 bridgehead atoms. The molecule has 0 aromatic heterocycles. The fourth-order valence-corrected chi connectivity index (χ4v) is 4.49. The van der Waals surface area contributed by atoms with Crippen molar-refractivity contribution in [2.45, 2.75) is 38.5 Å². The minimum absolute atomic E-state index is 0.194. The molecule has 1 heterocycles. The Bertz CT molecular complexity index is 1410. The summed E-state index contributed by atoms with van der Waals surface area (Å²) in [6, 6.07) is 20.9. The number of halogens is 1. The van der Waals surface area contributed by atoms with Gasteiger partial charge in [-0.15, -0.1) is 0 Å². The molecule has 0 saturated carbocycles. The first-order chi connectivity index (χ1) is 19.5. The van der Waals surface area contributed by atoms with Gasteiger partial charge in [0.1, 0.15) is 11.6 Å². The Labute approximate surface area is 247 Å². The molecule has 4 N–H and O–H groups in total. The lowest BCUT2D eigenvalue weighted by Gasteiger charge is -2.41. The van der Waals surface area contributed by atoms with Gasteiger partial charge in [-0.05, 0) is 74.4 Å². The Morgan fingerprint density at radius 1 is 0.927 bits per heavy atom. The quantitative estimate of drug-likeness (QED) is 0.236. The number of carbonyl (C=O) groups excluding carboxylic acids is 3. The van der Waals surface area contributed by atoms with E-state index in [9.17, 15) is 19.5 Å². The van der Waals surface area contributed by atoms with Crippen molar-refractivity contribution in [1.82, 2.24) is 4.90 Å². The lowest BCUT2D eigenvalue weighted by atomic mass is 9.98. The minimum atomic E-state index is -0.652. The average Bonchev–Trinajstić information content (AvgIpc) is 2.89. The number of benzene rings is 3. The van der Waals surface area contributed by atoms with Crippen molar-refractivity contribution in [3.05, 3.63) is 94.5 Å². The number of carbonyl (C=O) groups is 3. The number of hydrogen-bond donors (Lipinski definition) is 4. The number of aliphatic hydroxyl groups excluding tert-OH is 1. The molecule has 1 unspecified atom stereocenters. The lowest BCUT2D eigenvalue weighted by Crippen LogP contribution is -2.54. The van der Waals surface area contributed by atoms with Crippen LogP contribution in [0.3, 0.4) is 0 Å². The standard InChI is InChI=1S/C31H33BrN4O5/c1-31(2,3)41-30(40)35-26-7-5-4-6-25(26)34-27(38)17-10-20-8-11-21(12-9-20)28(36-18-24(37)19-36)29(39)33-23-15-13-22(32)14-16-23/h4-17,24,28,37H,18-19H2,1-3H3,(H,33,39)(H,34,38)(H,35,40)/b17-10+. The Hall–Kier alpha value is -3.99. The zero-order valence-electron chi connectivity index (χ0n) is 23.1. The summed E-state index contributed by atoms with van der Waals surface area (Å²) in [5, 5.41) is 18.2. The Balaban J connectivity index is 1.41. The summed E-state index contributed by atoms with van der Waals surface area (Å²) in [4.78, 5) is 40.0. The number of rotatable bonds is 8. The SMILES string of the molecule is CC(C)(C)OC(=O)Nc1ccccc1NC(=O)/C=C/c1ccc(C(C(=O)Nc2ccc(Br)cc2)N2CC(O)C2)cc1. The van der Waals surface area contributed by atoms with Crippen LogP contribution in [0.2, 0.25) is 0 Å². The first-order valence-corrected chi connectivity index (χ1v) is 13.9. The predicted molar refractivity (Wildman–Crippen MR) is 163 cm³/mol. The maximum atomic E-state index is 13.2. The number of anilines is 3. The lowest BCUT2D eigenvalue weighted by molar-refractivity contribution is -0.126. The van der Waals surface area contributed by atoms with Gasteiger partial charge >= 0.3 is 6.09 Å². The second kappa shape index (κ2) is 13.1. The number of likely N-dealkylation sites (tertiary alicyclic amines) is 1. The largest absolute Gasteiger partial charge is 0.444 e. The highest BCUT2D eigenvalue weighted by Gasteiger charge is 2.36. The molecular weight excluding hydrogens is 588 g/mol. The summed E-state index contributed by atoms with van der Waals surface area (Å²) in [7, 11) is 0. The van der Waals surface area contributed by atoms with E-state index in [0.29, 0.717) is 30.2 Å². The van der Waals surface area contributed by atoms with Gasteiger partial charge in [-0.2, -0.15) is 0 Å². The molecule has 1 atom stereocenters. The molecule has 1 saturated heterocycles. The molecule has 4 rings (SSSR count). The fraction of sp³-hybridized carbons (Fsp3) is 0.258. The summed E-state index contributed by atoms with van der Waals surface area (Å²) in [5.74, 6) is -0.575. The normalized spacial score (nSPS) is 14.7. The van der Waals surface area contributed by atoms with Crippen molar-refractivity contribution in [2.24, 2.45) is 0 Å². The molecule has 3 amide bonds. The van der Waals surface area contributed by atoms with E-state index in [0.717, 1.165) is 15.6 Å². The van der Waals surface area contributed by atoms with Crippen molar-refractivity contribution in [2.75, 3.05) is 29.0 Å². The summed E-state index contributed by atoms with van der Waals surface area (Å²) >= 11 is 3.39. The maximum absolute atomic E-state index is 13.2. The van der Waals surface area contributed by atoms with E-state index < -0.39 is 23.8 Å². The molecule has 0 aliphatic carbocycles. The van der Waals surface area contributed by atoms with E-state index in [1.165, 1.54) is 6.08 Å². The molecule has 3 aromatic rings. The van der Waals surface area contributed by atoms with Gasteiger partial charge in [0, 0.05) is 29.3 Å². The molecule has 1 fully saturated rings. The Morgan fingerprint density at radius 2 is 1.54 bits per heavy atom. The van der Waals surface area contributed by atoms with Crippen LogP contribution in [0, 0.1) is 0 Å². The third kappa shape index (κ3) is 8.75. The zero-order valence-corrected chi connectivity index (χ0v) is 24.6. The first-order valence-electron chi connectivity index (χ1n) is 13.1. The van der Waals surface area contributed by atoms with Crippen molar-refractivity contribution in [3.63, 3.8) is 0 Å². The average molecular weight is 622 g/mol. The van der Waals surface area contributed by atoms with Crippen LogP contribution in [0.15, 0.2) is 83.3 Å². The van der Waals surface area contributed by atoms with Crippen molar-refractivity contribution < 1.29 is 24.2 Å². The Kier molecular flexibility index (Phi) is 9.59. The van der Waals surface area contributed by atoms with E-state index in [1.807, 2.05) is 53.4 Å². The molecular formula is C31H33BrN4O5. The number of nitrogens with one attached hydrogen (secondary N) is 3. The third-order valence-corrected chi connectivity index (χ3v) is 6.64. The molecule has 0 spiro atoms. The van der Waals surface area contributed by atoms with Crippen LogP contribution in [-0.2, 0) is 14.3 Å². The summed E-state index contributed by atoms with van der Waals surface area (Å²) in [6.45, 7) is 6.12. The summed E-state index contributed by atoms with van der Waals surface area (Å²) in [5.41, 5.74) is 2.41. The highest BCUT2D eigenvalue weighted by atomic mass is 79.9. The van der Waals surface area contributed by atoms with Gasteiger partial charge in [-0.25, -0.2) is 4.79 Å². The van der Waals surface area contributed by atoms with E-state index in [4.69, 9.17) is 4.74 Å². The van der Waals surface area contributed by atoms with Crippen LogP contribution in [0.25, 0.3) is 6.08 Å². The second-order valence-corrected chi connectivity index (χ2v) is 11.6. The number of hydrogen-bond acceptors (Lipinski definition) is 6. The number of aliphatic hydroxyl groups is 1. The maximum Gasteiger partial charge on any atom is 0.412 e. The van der Waals surface area contributed by atoms with Crippen LogP contribution >= 0.6 is 15.9 Å². The number of amides is 3. The number of ether oxygens (including phenoxy) is 1. The number of para-hydroxylation sites is 2. The summed E-state index contributed by atoms with van der Waals surface area (Å²) in [6.07, 6.45) is 1.98. The first kappa shape index (κ1) is 30.0. The molecule has 214 valence electrons. The number of nitrogens with zero attached hydrogens (tertiary/aromatic N) is 1. The van der Waals surface area contributed by atoms with Gasteiger partial charge in [-0.3, -0.25) is 19.8 Å². The minimum Gasteiger partial charge on any atom is -0.444 e. The van der Waals surface area contributed by atoms with Crippen LogP contribution in [-0.4, -0.2) is 52.7 Å². The monoisotopic (exact) mass is 620 g/mol. The molecule has 10 heteroatoms.